The van der Waals surface area contributed by atoms with Gasteiger partial charge in [0.2, 0.25) is 0 Å². The number of aromatic nitrogens is 1. The number of methoxy groups -OCH3 is 1. The monoisotopic (exact) mass is 422 g/mol. The van der Waals surface area contributed by atoms with Gasteiger partial charge in [0.25, 0.3) is 5.56 Å². The molecule has 6 nitrogen and oxygen atoms in total. The molecule has 1 amide bonds. The predicted octanol–water partition coefficient (Wildman–Crippen LogP) is 4.93. The number of ether oxygens (including phenoxy) is 1. The van der Waals surface area contributed by atoms with Crippen LogP contribution in [-0.4, -0.2) is 29.8 Å². The van der Waals surface area contributed by atoms with Gasteiger partial charge in [-0.1, -0.05) is 24.3 Å². The van der Waals surface area contributed by atoms with Gasteiger partial charge < -0.3 is 20.1 Å². The first-order valence-electron chi connectivity index (χ1n) is 9.66. The number of rotatable bonds is 6. The maximum absolute atomic E-state index is 12.5. The third kappa shape index (κ3) is 3.64. The molecular weight excluding hydrogens is 400 g/mol. The van der Waals surface area contributed by atoms with Crippen molar-refractivity contribution in [2.24, 2.45) is 0 Å². The molecule has 0 saturated carbocycles. The second-order valence-corrected chi connectivity index (χ2v) is 8.09. The molecule has 3 N–H and O–H groups in total. The molecule has 0 aliphatic carbocycles. The van der Waals surface area contributed by atoms with E-state index in [1.165, 1.54) is 11.3 Å². The molecule has 0 spiro atoms. The highest BCUT2D eigenvalue weighted by Crippen LogP contribution is 2.41. The lowest BCUT2D eigenvalue weighted by Crippen LogP contribution is -2.22. The number of amides is 1. The number of carbonyl (C=O) groups is 1. The summed E-state index contributed by atoms with van der Waals surface area (Å²) >= 11 is 1.44. The molecule has 30 heavy (non-hydrogen) atoms. The summed E-state index contributed by atoms with van der Waals surface area (Å²) in [6.45, 7) is 2.40. The lowest BCUT2D eigenvalue weighted by molar-refractivity contribution is 0.194. The molecule has 0 atom stereocenters. The van der Waals surface area contributed by atoms with Gasteiger partial charge in [-0.3, -0.25) is 4.79 Å². The van der Waals surface area contributed by atoms with Crippen molar-refractivity contribution >= 4 is 38.4 Å². The largest absolute Gasteiger partial charge is 0.496 e. The topological polar surface area (TPSA) is 91.4 Å². The van der Waals surface area contributed by atoms with E-state index in [-0.39, 0.29) is 5.56 Å². The Kier molecular flexibility index (Phi) is 5.46. The fourth-order valence-electron chi connectivity index (χ4n) is 3.84. The molecule has 0 aliphatic rings. The Bertz CT molecular complexity index is 1290. The number of fused-ring (bicyclic) bond motifs is 3. The Morgan fingerprint density at radius 3 is 2.70 bits per heavy atom. The van der Waals surface area contributed by atoms with Crippen LogP contribution in [0.3, 0.4) is 0 Å². The zero-order chi connectivity index (χ0) is 21.3. The number of aromatic amines is 1. The van der Waals surface area contributed by atoms with Gasteiger partial charge in [-0.25, -0.2) is 4.79 Å². The van der Waals surface area contributed by atoms with Gasteiger partial charge in [0.15, 0.2) is 0 Å². The number of benzene rings is 2. The van der Waals surface area contributed by atoms with E-state index in [4.69, 9.17) is 9.84 Å². The molecule has 0 unspecified atom stereocenters. The molecule has 0 radical (unpaired) electrons. The number of aryl methyl sites for hydroxylation is 2. The van der Waals surface area contributed by atoms with Crippen LogP contribution in [0.25, 0.3) is 32.1 Å². The summed E-state index contributed by atoms with van der Waals surface area (Å²) in [6.07, 6.45) is 0.523. The van der Waals surface area contributed by atoms with Gasteiger partial charge >= 0.3 is 6.09 Å². The van der Waals surface area contributed by atoms with Gasteiger partial charge in [0.05, 0.1) is 12.6 Å². The SMILES string of the molecule is COc1cc(C)c2[nH]c(=O)c3sccc3c2c1-c1ccc(CCCNC(=O)O)cc1. The van der Waals surface area contributed by atoms with E-state index in [0.29, 0.717) is 11.2 Å². The highest BCUT2D eigenvalue weighted by Gasteiger charge is 2.18. The molecule has 0 fully saturated rings. The zero-order valence-corrected chi connectivity index (χ0v) is 17.6. The summed E-state index contributed by atoms with van der Waals surface area (Å²) in [5.74, 6) is 0.762. The van der Waals surface area contributed by atoms with E-state index < -0.39 is 6.09 Å². The standard InChI is InChI=1S/C23H22N2O4S/c1-13-12-17(29-2)18(19-16-9-11-30-21(16)22(26)25-20(13)19)15-7-5-14(6-8-15)4-3-10-24-23(27)28/h5-9,11-12,24H,3-4,10H2,1-2H3,(H,25,26)(H,27,28). The number of thiophene rings is 1. The minimum Gasteiger partial charge on any atom is -0.496 e. The Labute approximate surface area is 177 Å². The molecular formula is C23H22N2O4S. The lowest BCUT2D eigenvalue weighted by Gasteiger charge is -2.16. The molecule has 2 heterocycles. The number of carboxylic acid groups (broad SMARTS) is 1. The molecule has 4 rings (SSSR count). The summed E-state index contributed by atoms with van der Waals surface area (Å²) < 4.78 is 6.43. The minimum atomic E-state index is -0.999. The summed E-state index contributed by atoms with van der Waals surface area (Å²) in [5.41, 5.74) is 4.80. The number of nitrogens with one attached hydrogen (secondary N) is 2. The number of hydrogen-bond donors (Lipinski definition) is 3. The Morgan fingerprint density at radius 1 is 1.23 bits per heavy atom. The van der Waals surface area contributed by atoms with Crippen LogP contribution in [-0.2, 0) is 6.42 Å². The van der Waals surface area contributed by atoms with Crippen LogP contribution in [0.15, 0.2) is 46.6 Å². The van der Waals surface area contributed by atoms with Crippen molar-refractivity contribution in [1.82, 2.24) is 10.3 Å². The Morgan fingerprint density at radius 2 is 2.00 bits per heavy atom. The molecule has 2 aromatic carbocycles. The van der Waals surface area contributed by atoms with Crippen molar-refractivity contribution < 1.29 is 14.6 Å². The van der Waals surface area contributed by atoms with Crippen LogP contribution in [0, 0.1) is 6.92 Å². The molecule has 0 bridgehead atoms. The molecule has 7 heteroatoms. The first kappa shape index (κ1) is 20.0. The van der Waals surface area contributed by atoms with Crippen LogP contribution >= 0.6 is 11.3 Å². The van der Waals surface area contributed by atoms with E-state index in [0.717, 1.165) is 57.1 Å². The number of hydrogen-bond acceptors (Lipinski definition) is 4. The van der Waals surface area contributed by atoms with Crippen LogP contribution in [0.5, 0.6) is 5.75 Å². The van der Waals surface area contributed by atoms with Gasteiger partial charge in [-0.2, -0.15) is 0 Å². The summed E-state index contributed by atoms with van der Waals surface area (Å²) in [4.78, 5) is 26.1. The first-order valence-corrected chi connectivity index (χ1v) is 10.5. The van der Waals surface area contributed by atoms with Crippen molar-refractivity contribution in [2.45, 2.75) is 19.8 Å². The maximum atomic E-state index is 12.5. The minimum absolute atomic E-state index is 0.0722. The van der Waals surface area contributed by atoms with Crippen LogP contribution < -0.4 is 15.6 Å². The average Bonchev–Trinajstić information content (AvgIpc) is 3.23. The third-order valence-corrected chi connectivity index (χ3v) is 6.16. The van der Waals surface area contributed by atoms with Crippen molar-refractivity contribution in [3.05, 3.63) is 63.3 Å². The normalized spacial score (nSPS) is 11.1. The number of pyridine rings is 1. The smallest absolute Gasteiger partial charge is 0.404 e. The highest BCUT2D eigenvalue weighted by molar-refractivity contribution is 7.17. The van der Waals surface area contributed by atoms with E-state index in [1.54, 1.807) is 7.11 Å². The Balaban J connectivity index is 1.80. The molecule has 0 aliphatic heterocycles. The van der Waals surface area contributed by atoms with Crippen LogP contribution in [0.2, 0.25) is 0 Å². The van der Waals surface area contributed by atoms with Crippen molar-refractivity contribution in [3.63, 3.8) is 0 Å². The summed E-state index contributed by atoms with van der Waals surface area (Å²) in [6, 6.07) is 12.2. The summed E-state index contributed by atoms with van der Waals surface area (Å²) in [7, 11) is 1.66. The van der Waals surface area contributed by atoms with E-state index in [1.807, 2.05) is 24.4 Å². The second-order valence-electron chi connectivity index (χ2n) is 7.17. The molecule has 4 aromatic rings. The molecule has 2 aromatic heterocycles. The van der Waals surface area contributed by atoms with E-state index >= 15 is 0 Å². The Hall–Kier alpha value is -3.32. The summed E-state index contributed by atoms with van der Waals surface area (Å²) in [5, 5.41) is 14.9. The van der Waals surface area contributed by atoms with Gasteiger partial charge in [0.1, 0.15) is 10.4 Å². The average molecular weight is 423 g/mol. The fourth-order valence-corrected chi connectivity index (χ4v) is 4.64. The van der Waals surface area contributed by atoms with Gasteiger partial charge in [-0.15, -0.1) is 11.3 Å². The van der Waals surface area contributed by atoms with Crippen molar-refractivity contribution in [3.8, 4) is 16.9 Å². The van der Waals surface area contributed by atoms with E-state index in [9.17, 15) is 9.59 Å². The van der Waals surface area contributed by atoms with Crippen molar-refractivity contribution in [2.75, 3.05) is 13.7 Å². The quantitative estimate of drug-likeness (QED) is 0.384. The van der Waals surface area contributed by atoms with Gasteiger partial charge in [-0.05, 0) is 54.0 Å². The van der Waals surface area contributed by atoms with Crippen LogP contribution in [0.1, 0.15) is 17.5 Å². The number of H-pyrrole nitrogens is 1. The maximum Gasteiger partial charge on any atom is 0.404 e. The highest BCUT2D eigenvalue weighted by atomic mass is 32.1. The third-order valence-electron chi connectivity index (χ3n) is 5.25. The second kappa shape index (κ2) is 8.20. The zero-order valence-electron chi connectivity index (χ0n) is 16.7. The van der Waals surface area contributed by atoms with Crippen LogP contribution in [0.4, 0.5) is 4.79 Å². The van der Waals surface area contributed by atoms with Gasteiger partial charge in [0, 0.05) is 22.9 Å². The predicted molar refractivity (Wildman–Crippen MR) is 121 cm³/mol. The van der Waals surface area contributed by atoms with E-state index in [2.05, 4.69) is 34.6 Å². The molecule has 154 valence electrons. The lowest BCUT2D eigenvalue weighted by atomic mass is 9.94. The van der Waals surface area contributed by atoms with Crippen molar-refractivity contribution in [1.29, 1.82) is 0 Å². The fraction of sp³-hybridized carbons (Fsp3) is 0.217. The first-order chi connectivity index (χ1) is 14.5. The molecule has 0 saturated heterocycles.